The highest BCUT2D eigenvalue weighted by Gasteiger charge is 2.04. The highest BCUT2D eigenvalue weighted by molar-refractivity contribution is 5.10. The number of hydrogen-bond acceptors (Lipinski definition) is 0. The van der Waals surface area contributed by atoms with Gasteiger partial charge in [-0.15, -0.1) is 0 Å². The van der Waals surface area contributed by atoms with Crippen LogP contribution in [-0.4, -0.2) is 0 Å². The second-order valence-corrected chi connectivity index (χ2v) is 12.1. The summed E-state index contributed by atoms with van der Waals surface area (Å²) < 4.78 is 4.75. The molecule has 0 saturated carbocycles. The Balaban J connectivity index is 1.46. The standard InChI is InChI=1S/C37H64N2/c1-3-5-7-9-11-13-15-17-19-21-30-38-32-26-36(27-33-38)24-23-25-37-28-34-39(35-29-37)31-22-20-18-16-14-12-10-8-6-4-2/h26-29,32-35H,3-25,30-31H2,1-2H3/q+2. The van der Waals surface area contributed by atoms with Gasteiger partial charge in [0.2, 0.25) is 0 Å². The fraction of sp³-hybridized carbons (Fsp3) is 0.730. The van der Waals surface area contributed by atoms with Crippen molar-refractivity contribution in [3.8, 4) is 0 Å². The van der Waals surface area contributed by atoms with E-state index in [-0.39, 0.29) is 0 Å². The van der Waals surface area contributed by atoms with Crippen molar-refractivity contribution >= 4 is 0 Å². The van der Waals surface area contributed by atoms with Gasteiger partial charge in [0.15, 0.2) is 24.8 Å². The van der Waals surface area contributed by atoms with Gasteiger partial charge in [-0.2, -0.15) is 0 Å². The number of hydrogen-bond donors (Lipinski definition) is 0. The molecule has 0 unspecified atom stereocenters. The van der Waals surface area contributed by atoms with E-state index < -0.39 is 0 Å². The van der Waals surface area contributed by atoms with Crippen LogP contribution in [0.5, 0.6) is 0 Å². The van der Waals surface area contributed by atoms with Gasteiger partial charge in [0, 0.05) is 37.1 Å². The molecule has 0 aliphatic rings. The van der Waals surface area contributed by atoms with Crippen LogP contribution in [0.1, 0.15) is 160 Å². The van der Waals surface area contributed by atoms with Gasteiger partial charge < -0.3 is 0 Å². The first-order chi connectivity index (χ1) is 19.3. The zero-order valence-corrected chi connectivity index (χ0v) is 26.2. The molecular weight excluding hydrogens is 472 g/mol. The lowest BCUT2D eigenvalue weighted by Crippen LogP contribution is -2.32. The summed E-state index contributed by atoms with van der Waals surface area (Å²) >= 11 is 0. The molecule has 39 heavy (non-hydrogen) atoms. The monoisotopic (exact) mass is 537 g/mol. The Kier molecular flexibility index (Phi) is 20.7. The summed E-state index contributed by atoms with van der Waals surface area (Å²) in [4.78, 5) is 0. The van der Waals surface area contributed by atoms with Gasteiger partial charge >= 0.3 is 0 Å². The summed E-state index contributed by atoms with van der Waals surface area (Å²) in [6.07, 6.45) is 40.9. The van der Waals surface area contributed by atoms with E-state index in [0.717, 1.165) is 0 Å². The summed E-state index contributed by atoms with van der Waals surface area (Å²) in [6, 6.07) is 9.34. The van der Waals surface area contributed by atoms with Gasteiger partial charge in [0.05, 0.1) is 0 Å². The predicted octanol–water partition coefficient (Wildman–Crippen LogP) is 10.3. The fourth-order valence-corrected chi connectivity index (χ4v) is 5.67. The zero-order valence-electron chi connectivity index (χ0n) is 26.2. The molecule has 0 spiro atoms. The van der Waals surface area contributed by atoms with Crippen molar-refractivity contribution in [2.24, 2.45) is 0 Å². The Hall–Kier alpha value is -1.70. The molecule has 0 fully saturated rings. The molecular formula is C37H64N2+2. The summed E-state index contributed by atoms with van der Waals surface area (Å²) in [5.74, 6) is 0. The van der Waals surface area contributed by atoms with Crippen LogP contribution in [0.2, 0.25) is 0 Å². The lowest BCUT2D eigenvalue weighted by molar-refractivity contribution is -0.697. The van der Waals surface area contributed by atoms with Gasteiger partial charge in [-0.05, 0) is 43.2 Å². The van der Waals surface area contributed by atoms with Gasteiger partial charge in [-0.1, -0.05) is 117 Å². The zero-order chi connectivity index (χ0) is 27.6. The minimum Gasteiger partial charge on any atom is -0.205 e. The molecule has 0 N–H and O–H groups in total. The summed E-state index contributed by atoms with van der Waals surface area (Å²) in [7, 11) is 0. The summed E-state index contributed by atoms with van der Waals surface area (Å²) in [5, 5.41) is 0. The third-order valence-corrected chi connectivity index (χ3v) is 8.39. The van der Waals surface area contributed by atoms with Gasteiger partial charge in [0.1, 0.15) is 13.1 Å². The van der Waals surface area contributed by atoms with Crippen LogP contribution in [0.25, 0.3) is 0 Å². The molecule has 2 aromatic rings. The smallest absolute Gasteiger partial charge is 0.169 e. The molecule has 2 aromatic heterocycles. The Morgan fingerprint density at radius 1 is 0.359 bits per heavy atom. The molecule has 0 aliphatic heterocycles. The highest BCUT2D eigenvalue weighted by Crippen LogP contribution is 2.12. The van der Waals surface area contributed by atoms with Crippen molar-refractivity contribution in [1.82, 2.24) is 0 Å². The Morgan fingerprint density at radius 3 is 0.949 bits per heavy atom. The van der Waals surface area contributed by atoms with Crippen molar-refractivity contribution < 1.29 is 9.13 Å². The molecule has 0 aromatic carbocycles. The van der Waals surface area contributed by atoms with Crippen LogP contribution >= 0.6 is 0 Å². The van der Waals surface area contributed by atoms with Crippen LogP contribution in [0, 0.1) is 0 Å². The molecule has 0 amide bonds. The van der Waals surface area contributed by atoms with Crippen molar-refractivity contribution in [2.75, 3.05) is 0 Å². The maximum atomic E-state index is 2.37. The van der Waals surface area contributed by atoms with E-state index in [4.69, 9.17) is 0 Å². The van der Waals surface area contributed by atoms with Crippen molar-refractivity contribution in [2.45, 2.75) is 175 Å². The first-order valence-corrected chi connectivity index (χ1v) is 17.3. The maximum absolute atomic E-state index is 2.37. The van der Waals surface area contributed by atoms with E-state index in [2.05, 4.69) is 72.0 Å². The second-order valence-electron chi connectivity index (χ2n) is 12.1. The lowest BCUT2D eigenvalue weighted by atomic mass is 10.1. The van der Waals surface area contributed by atoms with Crippen LogP contribution in [0.3, 0.4) is 0 Å². The largest absolute Gasteiger partial charge is 0.205 e. The minimum absolute atomic E-state index is 1.17. The predicted molar refractivity (Wildman–Crippen MR) is 169 cm³/mol. The number of unbranched alkanes of at least 4 members (excludes halogenated alkanes) is 18. The molecule has 2 nitrogen and oxygen atoms in total. The maximum Gasteiger partial charge on any atom is 0.169 e. The van der Waals surface area contributed by atoms with E-state index >= 15 is 0 Å². The van der Waals surface area contributed by atoms with E-state index in [1.807, 2.05) is 0 Å². The topological polar surface area (TPSA) is 7.76 Å². The van der Waals surface area contributed by atoms with E-state index in [1.54, 1.807) is 0 Å². The molecule has 2 rings (SSSR count). The summed E-state index contributed by atoms with van der Waals surface area (Å²) in [5.41, 5.74) is 2.95. The first-order valence-electron chi connectivity index (χ1n) is 17.3. The number of nitrogens with zero attached hydrogens (tertiary/aromatic N) is 2. The van der Waals surface area contributed by atoms with Crippen LogP contribution in [0.15, 0.2) is 49.1 Å². The Labute approximate surface area is 243 Å². The lowest BCUT2D eigenvalue weighted by Gasteiger charge is -2.04. The molecule has 0 aliphatic carbocycles. The van der Waals surface area contributed by atoms with Crippen LogP contribution < -0.4 is 9.13 Å². The number of rotatable bonds is 26. The quantitative estimate of drug-likeness (QED) is 0.0834. The van der Waals surface area contributed by atoms with E-state index in [0.29, 0.717) is 0 Å². The fourth-order valence-electron chi connectivity index (χ4n) is 5.67. The Bertz CT molecular complexity index is 713. The molecule has 220 valence electrons. The second kappa shape index (κ2) is 24.1. The number of pyridine rings is 2. The first kappa shape index (κ1) is 33.5. The normalized spacial score (nSPS) is 11.3. The molecule has 0 bridgehead atoms. The molecule has 0 radical (unpaired) electrons. The molecule has 2 heteroatoms. The van der Waals surface area contributed by atoms with E-state index in [1.165, 1.54) is 172 Å². The van der Waals surface area contributed by atoms with Gasteiger partial charge in [-0.3, -0.25) is 0 Å². The third kappa shape index (κ3) is 18.3. The van der Waals surface area contributed by atoms with Crippen LogP contribution in [-0.2, 0) is 25.9 Å². The average molecular weight is 537 g/mol. The molecule has 2 heterocycles. The number of aromatic nitrogens is 2. The SMILES string of the molecule is CCCCCCCCCCCC[n+]1ccc(CCCc2cc[n+](CCCCCCCCCCCC)cc2)cc1. The van der Waals surface area contributed by atoms with Crippen molar-refractivity contribution in [3.05, 3.63) is 60.2 Å². The Morgan fingerprint density at radius 2 is 0.641 bits per heavy atom. The van der Waals surface area contributed by atoms with Crippen molar-refractivity contribution in [1.29, 1.82) is 0 Å². The van der Waals surface area contributed by atoms with Gasteiger partial charge in [-0.25, -0.2) is 9.13 Å². The minimum atomic E-state index is 1.17. The van der Waals surface area contributed by atoms with Crippen molar-refractivity contribution in [3.63, 3.8) is 0 Å². The van der Waals surface area contributed by atoms with Gasteiger partial charge in [0.25, 0.3) is 0 Å². The average Bonchev–Trinajstić information content (AvgIpc) is 2.96. The molecule has 0 saturated heterocycles. The molecule has 0 atom stereocenters. The number of aryl methyl sites for hydroxylation is 4. The van der Waals surface area contributed by atoms with E-state index in [9.17, 15) is 0 Å². The van der Waals surface area contributed by atoms with Crippen LogP contribution in [0.4, 0.5) is 0 Å². The third-order valence-electron chi connectivity index (χ3n) is 8.39. The summed E-state index contributed by atoms with van der Waals surface area (Å²) in [6.45, 7) is 6.93. The highest BCUT2D eigenvalue weighted by atomic mass is 14.9.